The molecule has 0 aliphatic carbocycles. The van der Waals surface area contributed by atoms with Crippen LogP contribution in [0.25, 0.3) is 0 Å². The quantitative estimate of drug-likeness (QED) is 0.725. The van der Waals surface area contributed by atoms with E-state index >= 15 is 0 Å². The highest BCUT2D eigenvalue weighted by molar-refractivity contribution is 7.90. The Morgan fingerprint density at radius 3 is 2.45 bits per heavy atom. The second kappa shape index (κ2) is 8.30. The number of anilines is 2. The van der Waals surface area contributed by atoms with Gasteiger partial charge in [-0.25, -0.2) is 4.39 Å². The van der Waals surface area contributed by atoms with Crippen molar-refractivity contribution in [2.75, 3.05) is 42.5 Å². The van der Waals surface area contributed by atoms with Crippen LogP contribution >= 0.6 is 0 Å². The first-order valence-electron chi connectivity index (χ1n) is 10.3. The van der Waals surface area contributed by atoms with Crippen LogP contribution in [0.3, 0.4) is 0 Å². The highest BCUT2D eigenvalue weighted by atomic mass is 32.2. The third kappa shape index (κ3) is 4.01. The number of sulfonamides is 1. The summed E-state index contributed by atoms with van der Waals surface area (Å²) >= 11 is 0. The number of hydrogen-bond acceptors (Lipinski definition) is 5. The van der Waals surface area contributed by atoms with Crippen LogP contribution < -0.4 is 9.80 Å². The molecule has 0 radical (unpaired) electrons. The minimum absolute atomic E-state index is 0.0578. The van der Waals surface area contributed by atoms with Gasteiger partial charge in [0.2, 0.25) is 0 Å². The van der Waals surface area contributed by atoms with E-state index in [2.05, 4.69) is 4.40 Å². The topological polar surface area (TPSA) is 73.3 Å². The molecule has 9 heteroatoms. The van der Waals surface area contributed by atoms with Crippen LogP contribution in [0.1, 0.15) is 30.6 Å². The Labute approximate surface area is 181 Å². The average Bonchev–Trinajstić information content (AvgIpc) is 2.76. The number of amides is 1. The third-order valence-electron chi connectivity index (χ3n) is 5.63. The normalized spacial score (nSPS) is 17.9. The number of para-hydroxylation sites is 1. The smallest absolute Gasteiger partial charge is 0.286 e. The Hall–Kier alpha value is -2.94. The van der Waals surface area contributed by atoms with Crippen LogP contribution in [0, 0.1) is 5.82 Å². The second-order valence-corrected chi connectivity index (χ2v) is 9.25. The van der Waals surface area contributed by atoms with Crippen molar-refractivity contribution in [1.82, 2.24) is 4.90 Å². The fraction of sp³-hybridized carbons (Fsp3) is 0.364. The van der Waals surface area contributed by atoms with Gasteiger partial charge in [0.1, 0.15) is 16.5 Å². The maximum atomic E-state index is 14.0. The fourth-order valence-electron chi connectivity index (χ4n) is 4.07. The van der Waals surface area contributed by atoms with Crippen LogP contribution in [0.5, 0.6) is 0 Å². The van der Waals surface area contributed by atoms with Crippen molar-refractivity contribution in [2.24, 2.45) is 4.40 Å². The number of carbonyl (C=O) groups excluding carboxylic acids is 1. The first-order valence-corrected chi connectivity index (χ1v) is 11.8. The van der Waals surface area contributed by atoms with Crippen LogP contribution in [-0.2, 0) is 10.0 Å². The summed E-state index contributed by atoms with van der Waals surface area (Å²) in [6.45, 7) is 6.18. The van der Waals surface area contributed by atoms with Gasteiger partial charge >= 0.3 is 0 Å². The molecule has 2 aromatic carbocycles. The first-order chi connectivity index (χ1) is 14.8. The summed E-state index contributed by atoms with van der Waals surface area (Å²) in [7, 11) is -3.85. The number of nitrogens with zero attached hydrogens (tertiary/aromatic N) is 4. The lowest BCUT2D eigenvalue weighted by atomic mass is 10.1. The van der Waals surface area contributed by atoms with Crippen molar-refractivity contribution < 1.29 is 17.6 Å². The molecule has 0 saturated carbocycles. The fourth-order valence-corrected chi connectivity index (χ4v) is 5.33. The summed E-state index contributed by atoms with van der Waals surface area (Å²) in [6.07, 6.45) is 0.833. The molecule has 0 aromatic heterocycles. The van der Waals surface area contributed by atoms with E-state index in [-0.39, 0.29) is 16.6 Å². The van der Waals surface area contributed by atoms with E-state index in [1.807, 2.05) is 16.7 Å². The Bertz CT molecular complexity index is 1140. The molecule has 0 atom stereocenters. The van der Waals surface area contributed by atoms with Gasteiger partial charge in [-0.1, -0.05) is 19.1 Å². The average molecular weight is 445 g/mol. The van der Waals surface area contributed by atoms with Gasteiger partial charge in [0.25, 0.3) is 15.9 Å². The summed E-state index contributed by atoms with van der Waals surface area (Å²) < 4.78 is 43.2. The second-order valence-electron chi connectivity index (χ2n) is 7.68. The van der Waals surface area contributed by atoms with Crippen molar-refractivity contribution in [3.63, 3.8) is 0 Å². The van der Waals surface area contributed by atoms with E-state index in [1.165, 1.54) is 12.1 Å². The number of piperazine rings is 1. The van der Waals surface area contributed by atoms with Crippen molar-refractivity contribution in [1.29, 1.82) is 0 Å². The molecule has 4 rings (SSSR count). The molecule has 1 saturated heterocycles. The number of hydrogen-bond donors (Lipinski definition) is 0. The molecule has 2 heterocycles. The molecule has 0 spiro atoms. The molecule has 164 valence electrons. The Kier molecular flexibility index (Phi) is 5.70. The molecule has 1 fully saturated rings. The lowest BCUT2D eigenvalue weighted by Gasteiger charge is -2.36. The van der Waals surface area contributed by atoms with Crippen LogP contribution in [0.4, 0.5) is 15.8 Å². The molecule has 31 heavy (non-hydrogen) atoms. The molecule has 7 nitrogen and oxygen atoms in total. The van der Waals surface area contributed by atoms with E-state index in [9.17, 15) is 17.6 Å². The molecule has 0 N–H and O–H groups in total. The standard InChI is InChI=1S/C22H25FN4O3S/c1-3-10-27-16(2)24-31(29,30)21-15-17(8-9-20(21)27)22(28)26-13-11-25(12-14-26)19-7-5-4-6-18(19)23/h4-9,15H,3,10-14H2,1-2H3. The van der Waals surface area contributed by atoms with Gasteiger partial charge in [0, 0.05) is 38.3 Å². The number of rotatable bonds is 4. The zero-order valence-corrected chi connectivity index (χ0v) is 18.4. The lowest BCUT2D eigenvalue weighted by Crippen LogP contribution is -2.49. The van der Waals surface area contributed by atoms with Crippen LogP contribution in [0.2, 0.25) is 0 Å². The van der Waals surface area contributed by atoms with Gasteiger partial charge in [-0.2, -0.15) is 8.42 Å². The predicted molar refractivity (Wildman–Crippen MR) is 119 cm³/mol. The van der Waals surface area contributed by atoms with Gasteiger partial charge in [-0.15, -0.1) is 4.40 Å². The maximum absolute atomic E-state index is 14.0. The predicted octanol–water partition coefficient (Wildman–Crippen LogP) is 3.13. The monoisotopic (exact) mass is 444 g/mol. The van der Waals surface area contributed by atoms with Gasteiger partial charge in [-0.05, 0) is 43.7 Å². The van der Waals surface area contributed by atoms with Gasteiger partial charge < -0.3 is 14.7 Å². The highest BCUT2D eigenvalue weighted by Crippen LogP contribution is 2.33. The summed E-state index contributed by atoms with van der Waals surface area (Å²) in [6, 6.07) is 11.4. The van der Waals surface area contributed by atoms with Gasteiger partial charge in [0.15, 0.2) is 0 Å². The Morgan fingerprint density at radius 2 is 1.77 bits per heavy atom. The van der Waals surface area contributed by atoms with E-state index in [1.54, 1.807) is 42.2 Å². The zero-order chi connectivity index (χ0) is 22.2. The van der Waals surface area contributed by atoms with Gasteiger partial charge in [-0.3, -0.25) is 4.79 Å². The molecule has 0 bridgehead atoms. The number of halogens is 1. The van der Waals surface area contributed by atoms with Crippen LogP contribution in [0.15, 0.2) is 51.8 Å². The van der Waals surface area contributed by atoms with Gasteiger partial charge in [0.05, 0.1) is 11.4 Å². The van der Waals surface area contributed by atoms with E-state index in [0.29, 0.717) is 55.5 Å². The molecule has 1 amide bonds. The molecule has 2 aliphatic heterocycles. The minimum atomic E-state index is -3.85. The van der Waals surface area contributed by atoms with Crippen LogP contribution in [-0.4, -0.2) is 57.8 Å². The summed E-state index contributed by atoms with van der Waals surface area (Å²) in [5.74, 6) is -0.0909. The minimum Gasteiger partial charge on any atom is -0.366 e. The Balaban J connectivity index is 1.54. The Morgan fingerprint density at radius 1 is 1.06 bits per heavy atom. The van der Waals surface area contributed by atoms with E-state index in [4.69, 9.17) is 0 Å². The number of benzene rings is 2. The molecular weight excluding hydrogens is 419 g/mol. The largest absolute Gasteiger partial charge is 0.366 e. The molecule has 2 aliphatic rings. The maximum Gasteiger partial charge on any atom is 0.286 e. The SMILES string of the molecule is CCCN1C(C)=NS(=O)(=O)c2cc(C(=O)N3CCN(c4ccccc4F)CC3)ccc21. The number of amidine groups is 1. The zero-order valence-electron chi connectivity index (χ0n) is 17.6. The summed E-state index contributed by atoms with van der Waals surface area (Å²) in [5.41, 5.74) is 1.39. The third-order valence-corrected chi connectivity index (χ3v) is 7.01. The molecule has 0 unspecified atom stereocenters. The van der Waals surface area contributed by atoms with Crippen molar-refractivity contribution in [3.8, 4) is 0 Å². The summed E-state index contributed by atoms with van der Waals surface area (Å²) in [5, 5.41) is 0. The number of fused-ring (bicyclic) bond motifs is 1. The van der Waals surface area contributed by atoms with E-state index < -0.39 is 10.0 Å². The van der Waals surface area contributed by atoms with Crippen molar-refractivity contribution >= 4 is 33.1 Å². The highest BCUT2D eigenvalue weighted by Gasteiger charge is 2.31. The van der Waals surface area contributed by atoms with Crippen molar-refractivity contribution in [2.45, 2.75) is 25.2 Å². The number of carbonyl (C=O) groups is 1. The molecular formula is C22H25FN4O3S. The van der Waals surface area contributed by atoms with Crippen molar-refractivity contribution in [3.05, 3.63) is 53.8 Å². The van der Waals surface area contributed by atoms with E-state index in [0.717, 1.165) is 6.42 Å². The molecule has 2 aromatic rings. The first kappa shape index (κ1) is 21.3. The summed E-state index contributed by atoms with van der Waals surface area (Å²) in [4.78, 5) is 18.6. The lowest BCUT2D eigenvalue weighted by molar-refractivity contribution is 0.0746.